The molecule has 0 aliphatic heterocycles. The highest BCUT2D eigenvalue weighted by Crippen LogP contribution is 2.36. The number of ether oxygens (including phenoxy) is 1. The number of carbonyl (C=O) groups excluding carboxylic acids is 1. The molecule has 0 saturated heterocycles. The van der Waals surface area contributed by atoms with E-state index in [0.29, 0.717) is 5.56 Å². The van der Waals surface area contributed by atoms with Gasteiger partial charge in [0.25, 0.3) is 11.1 Å². The summed E-state index contributed by atoms with van der Waals surface area (Å²) in [7, 11) is 0. The second-order valence-electron chi connectivity index (χ2n) is 4.39. The van der Waals surface area contributed by atoms with Crippen LogP contribution in [-0.2, 0) is 6.18 Å². The second-order valence-corrected chi connectivity index (χ2v) is 5.33. The number of nitrogens with one attached hydrogen (secondary N) is 1. The standard InChI is InChI=1S/C12H7F3N6O2S/c13-12(14,15)10-19-20-11(24-10)23-6-3-1-2-5(4-6)7-8(9(16)22)18-21-17-7/h1-4H,(H2,16,22)(H,17,18,21). The average molecular weight is 356 g/mol. The molecule has 24 heavy (non-hydrogen) atoms. The maximum atomic E-state index is 12.5. The quantitative estimate of drug-likeness (QED) is 0.740. The maximum absolute atomic E-state index is 12.5. The van der Waals surface area contributed by atoms with Crippen LogP contribution in [0, 0.1) is 0 Å². The average Bonchev–Trinajstić information content (AvgIpc) is 3.15. The van der Waals surface area contributed by atoms with Crippen LogP contribution in [0.3, 0.4) is 0 Å². The molecule has 0 radical (unpaired) electrons. The SMILES string of the molecule is NC(=O)c1n[nH]nc1-c1cccc(Oc2nnc(C(F)(F)F)s2)c1. The first kappa shape index (κ1) is 15.9. The van der Waals surface area contributed by atoms with Gasteiger partial charge in [-0.3, -0.25) is 4.79 Å². The van der Waals surface area contributed by atoms with E-state index in [1.54, 1.807) is 12.1 Å². The lowest BCUT2D eigenvalue weighted by atomic mass is 10.1. The molecule has 2 aromatic heterocycles. The summed E-state index contributed by atoms with van der Waals surface area (Å²) >= 11 is 0.268. The molecule has 124 valence electrons. The monoisotopic (exact) mass is 356 g/mol. The highest BCUT2D eigenvalue weighted by Gasteiger charge is 2.36. The van der Waals surface area contributed by atoms with Gasteiger partial charge in [-0.2, -0.15) is 28.6 Å². The number of rotatable bonds is 4. The fraction of sp³-hybridized carbons (Fsp3) is 0.0833. The predicted octanol–water partition coefficient (Wildman–Crippen LogP) is 2.23. The fourth-order valence-electron chi connectivity index (χ4n) is 1.78. The maximum Gasteiger partial charge on any atom is 0.445 e. The largest absolute Gasteiger partial charge is 0.445 e. The fourth-order valence-corrected chi connectivity index (χ4v) is 2.36. The van der Waals surface area contributed by atoms with E-state index < -0.39 is 17.1 Å². The van der Waals surface area contributed by atoms with E-state index in [4.69, 9.17) is 10.5 Å². The van der Waals surface area contributed by atoms with Crippen molar-refractivity contribution in [1.82, 2.24) is 25.6 Å². The highest BCUT2D eigenvalue weighted by atomic mass is 32.1. The smallest absolute Gasteiger partial charge is 0.430 e. The number of alkyl halides is 3. The van der Waals surface area contributed by atoms with E-state index in [1.807, 2.05) is 0 Å². The van der Waals surface area contributed by atoms with Crippen molar-refractivity contribution in [3.05, 3.63) is 35.0 Å². The van der Waals surface area contributed by atoms with E-state index in [1.165, 1.54) is 12.1 Å². The van der Waals surface area contributed by atoms with Gasteiger partial charge >= 0.3 is 6.18 Å². The van der Waals surface area contributed by atoms with Crippen LogP contribution in [0.15, 0.2) is 24.3 Å². The topological polar surface area (TPSA) is 120 Å². The van der Waals surface area contributed by atoms with Crippen LogP contribution >= 0.6 is 11.3 Å². The zero-order chi connectivity index (χ0) is 17.3. The molecule has 3 aromatic rings. The van der Waals surface area contributed by atoms with Crippen molar-refractivity contribution in [1.29, 1.82) is 0 Å². The van der Waals surface area contributed by atoms with Crippen LogP contribution in [0.25, 0.3) is 11.3 Å². The van der Waals surface area contributed by atoms with Crippen LogP contribution in [0.4, 0.5) is 13.2 Å². The van der Waals surface area contributed by atoms with Crippen LogP contribution in [0.2, 0.25) is 0 Å². The minimum Gasteiger partial charge on any atom is -0.430 e. The molecule has 1 amide bonds. The normalized spacial score (nSPS) is 11.5. The Labute approximate surface area is 135 Å². The number of hydrogen-bond donors (Lipinski definition) is 2. The van der Waals surface area contributed by atoms with Crippen LogP contribution in [0.1, 0.15) is 15.5 Å². The first-order valence-corrected chi connectivity index (χ1v) is 7.06. The van der Waals surface area contributed by atoms with Crippen molar-refractivity contribution in [3.8, 4) is 22.2 Å². The second kappa shape index (κ2) is 5.88. The van der Waals surface area contributed by atoms with Crippen molar-refractivity contribution in [3.63, 3.8) is 0 Å². The summed E-state index contributed by atoms with van der Waals surface area (Å²) in [4.78, 5) is 11.3. The Morgan fingerprint density at radius 1 is 1.25 bits per heavy atom. The van der Waals surface area contributed by atoms with Gasteiger partial charge in [-0.05, 0) is 12.1 Å². The van der Waals surface area contributed by atoms with Crippen molar-refractivity contribution in [2.45, 2.75) is 6.18 Å². The van der Waals surface area contributed by atoms with Crippen LogP contribution in [-0.4, -0.2) is 31.5 Å². The molecule has 3 N–H and O–H groups in total. The Bertz CT molecular complexity index is 891. The van der Waals surface area contributed by atoms with E-state index in [9.17, 15) is 18.0 Å². The van der Waals surface area contributed by atoms with E-state index in [-0.39, 0.29) is 33.7 Å². The Balaban J connectivity index is 1.87. The number of benzene rings is 1. The van der Waals surface area contributed by atoms with Gasteiger partial charge in [-0.25, -0.2) is 0 Å². The third-order valence-corrected chi connectivity index (χ3v) is 3.59. The summed E-state index contributed by atoms with van der Waals surface area (Å²) in [6.07, 6.45) is -4.59. The molecule has 0 spiro atoms. The third kappa shape index (κ3) is 3.17. The van der Waals surface area contributed by atoms with Crippen molar-refractivity contribution < 1.29 is 22.7 Å². The van der Waals surface area contributed by atoms with Gasteiger partial charge in [0.15, 0.2) is 5.69 Å². The molecule has 8 nitrogen and oxygen atoms in total. The van der Waals surface area contributed by atoms with Gasteiger partial charge in [0.1, 0.15) is 11.4 Å². The first-order chi connectivity index (χ1) is 11.3. The Hall–Kier alpha value is -3.02. The number of aromatic nitrogens is 5. The van der Waals surface area contributed by atoms with E-state index in [2.05, 4.69) is 25.6 Å². The zero-order valence-electron chi connectivity index (χ0n) is 11.5. The molecule has 1 aromatic carbocycles. The summed E-state index contributed by atoms with van der Waals surface area (Å²) < 4.78 is 42.8. The lowest BCUT2D eigenvalue weighted by Gasteiger charge is -2.03. The molecular weight excluding hydrogens is 349 g/mol. The molecule has 0 saturated carbocycles. The van der Waals surface area contributed by atoms with Crippen molar-refractivity contribution in [2.75, 3.05) is 0 Å². The van der Waals surface area contributed by atoms with Gasteiger partial charge in [-0.1, -0.05) is 28.6 Å². The molecular formula is C12H7F3N6O2S. The summed E-state index contributed by atoms with van der Waals surface area (Å²) in [5.41, 5.74) is 5.75. The van der Waals surface area contributed by atoms with Gasteiger partial charge in [-0.15, -0.1) is 5.10 Å². The summed E-state index contributed by atoms with van der Waals surface area (Å²) in [6.45, 7) is 0. The number of nitrogens with zero attached hydrogens (tertiary/aromatic N) is 4. The number of nitrogens with two attached hydrogens (primary N) is 1. The van der Waals surface area contributed by atoms with Gasteiger partial charge < -0.3 is 10.5 Å². The number of amides is 1. The molecule has 0 bridgehead atoms. The molecule has 0 fully saturated rings. The Morgan fingerprint density at radius 2 is 2.04 bits per heavy atom. The highest BCUT2D eigenvalue weighted by molar-refractivity contribution is 7.13. The number of halogens is 3. The molecule has 0 aliphatic rings. The minimum atomic E-state index is -4.59. The lowest BCUT2D eigenvalue weighted by molar-refractivity contribution is -0.138. The molecule has 12 heteroatoms. The number of primary amides is 1. The summed E-state index contributed by atoms with van der Waals surface area (Å²) in [5.74, 6) is -0.584. The molecule has 0 unspecified atom stereocenters. The Kier molecular flexibility index (Phi) is 3.89. The third-order valence-electron chi connectivity index (χ3n) is 2.74. The number of carbonyl (C=O) groups is 1. The van der Waals surface area contributed by atoms with Gasteiger partial charge in [0.2, 0.25) is 5.01 Å². The van der Waals surface area contributed by atoms with E-state index >= 15 is 0 Å². The number of aromatic amines is 1. The van der Waals surface area contributed by atoms with Crippen molar-refractivity contribution >= 4 is 17.2 Å². The van der Waals surface area contributed by atoms with E-state index in [0.717, 1.165) is 0 Å². The minimum absolute atomic E-state index is 0.0672. The first-order valence-electron chi connectivity index (χ1n) is 6.24. The number of H-pyrrole nitrogens is 1. The summed E-state index contributed by atoms with van der Waals surface area (Å²) in [6, 6.07) is 6.13. The molecule has 2 heterocycles. The summed E-state index contributed by atoms with van der Waals surface area (Å²) in [5, 5.41) is 14.7. The Morgan fingerprint density at radius 3 is 2.71 bits per heavy atom. The zero-order valence-corrected chi connectivity index (χ0v) is 12.4. The molecule has 3 rings (SSSR count). The van der Waals surface area contributed by atoms with Crippen molar-refractivity contribution in [2.24, 2.45) is 5.73 Å². The molecule has 0 aliphatic carbocycles. The predicted molar refractivity (Wildman–Crippen MR) is 75.3 cm³/mol. The van der Waals surface area contributed by atoms with Gasteiger partial charge in [0.05, 0.1) is 0 Å². The number of hydrogen-bond acceptors (Lipinski definition) is 7. The lowest BCUT2D eigenvalue weighted by Crippen LogP contribution is -2.12. The van der Waals surface area contributed by atoms with Gasteiger partial charge in [0, 0.05) is 5.56 Å². The van der Waals surface area contributed by atoms with Crippen LogP contribution < -0.4 is 10.5 Å². The molecule has 0 atom stereocenters. The van der Waals surface area contributed by atoms with Crippen LogP contribution in [0.5, 0.6) is 10.9 Å².